The van der Waals surface area contributed by atoms with E-state index in [9.17, 15) is 18.8 Å². The molecule has 0 saturated heterocycles. The Morgan fingerprint density at radius 1 is 1.24 bits per heavy atom. The minimum absolute atomic E-state index is 0.0191. The number of benzene rings is 1. The van der Waals surface area contributed by atoms with Gasteiger partial charge in [-0.1, -0.05) is 13.0 Å². The van der Waals surface area contributed by atoms with Crippen LogP contribution in [0.25, 0.3) is 0 Å². The molecule has 1 aromatic heterocycles. The number of amides is 1. The summed E-state index contributed by atoms with van der Waals surface area (Å²) in [6.07, 6.45) is 2.57. The first-order chi connectivity index (χ1) is 13.9. The van der Waals surface area contributed by atoms with Gasteiger partial charge in [0.2, 0.25) is 0 Å². The summed E-state index contributed by atoms with van der Waals surface area (Å²) in [7, 11) is 0. The molecule has 0 fully saturated rings. The molecule has 1 N–H and O–H groups in total. The van der Waals surface area contributed by atoms with E-state index < -0.39 is 30.3 Å². The Balaban J connectivity index is 1.71. The fourth-order valence-electron chi connectivity index (χ4n) is 3.25. The lowest BCUT2D eigenvalue weighted by Crippen LogP contribution is -2.22. The summed E-state index contributed by atoms with van der Waals surface area (Å²) < 4.78 is 23.3. The number of hydrogen-bond acceptors (Lipinski definition) is 6. The Morgan fingerprint density at radius 2 is 2.03 bits per heavy atom. The molecule has 154 valence electrons. The van der Waals surface area contributed by atoms with Crippen molar-refractivity contribution in [3.63, 3.8) is 0 Å². The zero-order chi connectivity index (χ0) is 21.0. The van der Waals surface area contributed by atoms with E-state index in [1.807, 2.05) is 0 Å². The van der Waals surface area contributed by atoms with Crippen molar-refractivity contribution < 1.29 is 28.2 Å². The van der Waals surface area contributed by atoms with Crippen molar-refractivity contribution in [2.45, 2.75) is 33.1 Å². The molecule has 1 aliphatic carbocycles. The van der Waals surface area contributed by atoms with Crippen LogP contribution >= 0.6 is 11.3 Å². The molecule has 0 bridgehead atoms. The Labute approximate surface area is 172 Å². The van der Waals surface area contributed by atoms with E-state index in [4.69, 9.17) is 9.47 Å². The second-order valence-electron chi connectivity index (χ2n) is 6.91. The summed E-state index contributed by atoms with van der Waals surface area (Å²) in [6.45, 7) is 3.56. The molecule has 0 aliphatic heterocycles. The standard InChI is InChI=1S/C21H22FNO5S/c1-3-27-21(26)18-15-8-7-12(2)9-16(15)29-19(18)23-17(24)11-28-20(25)13-5-4-6-14(22)10-13/h4-6,10,12H,3,7-9,11H2,1-2H3,(H,23,24). The largest absolute Gasteiger partial charge is 0.462 e. The van der Waals surface area contributed by atoms with Gasteiger partial charge in [-0.15, -0.1) is 11.3 Å². The molecule has 29 heavy (non-hydrogen) atoms. The number of esters is 2. The third kappa shape index (κ3) is 5.00. The molecular weight excluding hydrogens is 397 g/mol. The van der Waals surface area contributed by atoms with E-state index in [0.29, 0.717) is 16.5 Å². The van der Waals surface area contributed by atoms with Crippen molar-refractivity contribution in [1.29, 1.82) is 0 Å². The fraction of sp³-hybridized carbons (Fsp3) is 0.381. The van der Waals surface area contributed by atoms with Gasteiger partial charge in [0.25, 0.3) is 5.91 Å². The van der Waals surface area contributed by atoms with Gasteiger partial charge in [-0.3, -0.25) is 4.79 Å². The van der Waals surface area contributed by atoms with Gasteiger partial charge in [0.15, 0.2) is 6.61 Å². The highest BCUT2D eigenvalue weighted by Gasteiger charge is 2.29. The van der Waals surface area contributed by atoms with Crippen LogP contribution in [0.5, 0.6) is 0 Å². The molecule has 1 amide bonds. The normalized spacial score (nSPS) is 15.3. The molecule has 1 heterocycles. The number of fused-ring (bicyclic) bond motifs is 1. The lowest BCUT2D eigenvalue weighted by Gasteiger charge is -2.18. The average Bonchev–Trinajstić information content (AvgIpc) is 3.03. The fourth-order valence-corrected chi connectivity index (χ4v) is 4.67. The van der Waals surface area contributed by atoms with Gasteiger partial charge in [0, 0.05) is 4.88 Å². The number of rotatable bonds is 6. The van der Waals surface area contributed by atoms with Gasteiger partial charge in [-0.2, -0.15) is 0 Å². The highest BCUT2D eigenvalue weighted by Crippen LogP contribution is 2.40. The predicted octanol–water partition coefficient (Wildman–Crippen LogP) is 3.98. The Kier molecular flexibility index (Phi) is 6.64. The molecule has 3 rings (SSSR count). The van der Waals surface area contributed by atoms with E-state index in [-0.39, 0.29) is 12.2 Å². The molecule has 2 aromatic rings. The third-order valence-electron chi connectivity index (χ3n) is 4.64. The van der Waals surface area contributed by atoms with E-state index in [0.717, 1.165) is 35.8 Å². The van der Waals surface area contributed by atoms with Crippen LogP contribution in [0.1, 0.15) is 51.4 Å². The Morgan fingerprint density at radius 3 is 2.76 bits per heavy atom. The van der Waals surface area contributed by atoms with Crippen LogP contribution in [-0.2, 0) is 27.1 Å². The summed E-state index contributed by atoms with van der Waals surface area (Å²) in [5.41, 5.74) is 1.34. The van der Waals surface area contributed by atoms with Crippen LogP contribution in [0.4, 0.5) is 9.39 Å². The molecule has 6 nitrogen and oxygen atoms in total. The van der Waals surface area contributed by atoms with Crippen molar-refractivity contribution >= 4 is 34.2 Å². The van der Waals surface area contributed by atoms with E-state index in [2.05, 4.69) is 12.2 Å². The highest BCUT2D eigenvalue weighted by atomic mass is 32.1. The summed E-state index contributed by atoms with van der Waals surface area (Å²) in [4.78, 5) is 37.8. The minimum Gasteiger partial charge on any atom is -0.462 e. The van der Waals surface area contributed by atoms with Gasteiger partial charge >= 0.3 is 11.9 Å². The third-order valence-corrected chi connectivity index (χ3v) is 5.81. The maximum Gasteiger partial charge on any atom is 0.341 e. The first kappa shape index (κ1) is 21.0. The number of carbonyl (C=O) groups excluding carboxylic acids is 3. The minimum atomic E-state index is -0.801. The smallest absolute Gasteiger partial charge is 0.341 e. The molecule has 1 aliphatic rings. The van der Waals surface area contributed by atoms with Crippen molar-refractivity contribution in [3.05, 3.63) is 51.7 Å². The number of thiophene rings is 1. The van der Waals surface area contributed by atoms with Crippen molar-refractivity contribution in [2.24, 2.45) is 5.92 Å². The molecule has 0 spiro atoms. The molecule has 1 unspecified atom stereocenters. The maximum absolute atomic E-state index is 13.2. The Bertz CT molecular complexity index is 939. The molecular formula is C21H22FNO5S. The lowest BCUT2D eigenvalue weighted by molar-refractivity contribution is -0.119. The van der Waals surface area contributed by atoms with Crippen LogP contribution in [0.15, 0.2) is 24.3 Å². The molecule has 0 saturated carbocycles. The van der Waals surface area contributed by atoms with E-state index in [1.54, 1.807) is 6.92 Å². The number of hydrogen-bond donors (Lipinski definition) is 1. The van der Waals surface area contributed by atoms with Crippen LogP contribution in [0, 0.1) is 11.7 Å². The number of halogens is 1. The zero-order valence-corrected chi connectivity index (χ0v) is 17.1. The van der Waals surface area contributed by atoms with Gasteiger partial charge in [0.1, 0.15) is 10.8 Å². The lowest BCUT2D eigenvalue weighted by atomic mass is 9.88. The molecule has 8 heteroatoms. The predicted molar refractivity (Wildman–Crippen MR) is 107 cm³/mol. The summed E-state index contributed by atoms with van der Waals surface area (Å²) in [5.74, 6) is -1.91. The summed E-state index contributed by atoms with van der Waals surface area (Å²) >= 11 is 1.36. The quantitative estimate of drug-likeness (QED) is 0.716. The van der Waals surface area contributed by atoms with Crippen molar-refractivity contribution in [1.82, 2.24) is 0 Å². The zero-order valence-electron chi connectivity index (χ0n) is 16.2. The number of nitrogens with one attached hydrogen (secondary N) is 1. The van der Waals surface area contributed by atoms with Crippen LogP contribution in [0.3, 0.4) is 0 Å². The Hall–Kier alpha value is -2.74. The number of anilines is 1. The van der Waals surface area contributed by atoms with Crippen molar-refractivity contribution in [2.75, 3.05) is 18.5 Å². The topological polar surface area (TPSA) is 81.7 Å². The number of ether oxygens (including phenoxy) is 2. The molecule has 1 aromatic carbocycles. The first-order valence-electron chi connectivity index (χ1n) is 9.43. The second kappa shape index (κ2) is 9.17. The van der Waals surface area contributed by atoms with Gasteiger partial charge in [0.05, 0.1) is 17.7 Å². The van der Waals surface area contributed by atoms with E-state index in [1.165, 1.54) is 29.5 Å². The summed E-state index contributed by atoms with van der Waals surface area (Å²) in [6, 6.07) is 5.03. The molecule has 0 radical (unpaired) electrons. The average molecular weight is 419 g/mol. The van der Waals surface area contributed by atoms with Gasteiger partial charge in [-0.25, -0.2) is 14.0 Å². The summed E-state index contributed by atoms with van der Waals surface area (Å²) in [5, 5.41) is 3.08. The van der Waals surface area contributed by atoms with Gasteiger partial charge in [-0.05, 0) is 55.9 Å². The highest BCUT2D eigenvalue weighted by molar-refractivity contribution is 7.17. The second-order valence-corrected chi connectivity index (χ2v) is 8.02. The van der Waals surface area contributed by atoms with Crippen LogP contribution in [0.2, 0.25) is 0 Å². The molecule has 1 atom stereocenters. The SMILES string of the molecule is CCOC(=O)c1c(NC(=O)COC(=O)c2cccc(F)c2)sc2c1CCC(C)C2. The first-order valence-corrected chi connectivity index (χ1v) is 10.2. The maximum atomic E-state index is 13.2. The van der Waals surface area contributed by atoms with Crippen LogP contribution < -0.4 is 5.32 Å². The van der Waals surface area contributed by atoms with Crippen molar-refractivity contribution in [3.8, 4) is 0 Å². The van der Waals surface area contributed by atoms with E-state index >= 15 is 0 Å². The van der Waals surface area contributed by atoms with Crippen LogP contribution in [-0.4, -0.2) is 31.1 Å². The number of carbonyl (C=O) groups is 3. The van der Waals surface area contributed by atoms with Gasteiger partial charge < -0.3 is 14.8 Å². The monoisotopic (exact) mass is 419 g/mol.